The lowest BCUT2D eigenvalue weighted by Gasteiger charge is -2.24. The minimum absolute atomic E-state index is 0.137. The van der Waals surface area contributed by atoms with Crippen LogP contribution in [0.2, 0.25) is 0 Å². The summed E-state index contributed by atoms with van der Waals surface area (Å²) >= 11 is 0. The molecule has 5 nitrogen and oxygen atoms in total. The van der Waals surface area contributed by atoms with Gasteiger partial charge in [-0.2, -0.15) is 5.26 Å². The first kappa shape index (κ1) is 20.1. The summed E-state index contributed by atoms with van der Waals surface area (Å²) in [6.07, 6.45) is 0. The Morgan fingerprint density at radius 2 is 1.56 bits per heavy atom. The molecule has 2 aromatic rings. The number of halogens is 1. The molecule has 0 aliphatic heterocycles. The van der Waals surface area contributed by atoms with Gasteiger partial charge < -0.3 is 10.6 Å². The van der Waals surface area contributed by atoms with E-state index < -0.39 is 17.8 Å². The van der Waals surface area contributed by atoms with Crippen LogP contribution in [0.15, 0.2) is 48.5 Å². The van der Waals surface area contributed by atoms with Crippen molar-refractivity contribution in [2.24, 2.45) is 5.92 Å². The van der Waals surface area contributed by atoms with Crippen LogP contribution in [0.3, 0.4) is 0 Å². The van der Waals surface area contributed by atoms with Crippen LogP contribution in [-0.4, -0.2) is 17.9 Å². The summed E-state index contributed by atoms with van der Waals surface area (Å²) in [6, 6.07) is 13.1. The van der Waals surface area contributed by atoms with Crippen LogP contribution in [0.4, 0.5) is 4.39 Å². The summed E-state index contributed by atoms with van der Waals surface area (Å²) in [5.41, 5.74) is 1.69. The van der Waals surface area contributed by atoms with Gasteiger partial charge in [-0.15, -0.1) is 0 Å². The third-order valence-corrected chi connectivity index (χ3v) is 4.24. The quantitative estimate of drug-likeness (QED) is 0.822. The zero-order valence-corrected chi connectivity index (χ0v) is 15.5. The number of nitrogens with zero attached hydrogens (tertiary/aromatic N) is 1. The van der Waals surface area contributed by atoms with Gasteiger partial charge in [0.1, 0.15) is 11.9 Å². The predicted octanol–water partition coefficient (Wildman–Crippen LogP) is 3.33. The molecule has 6 heteroatoms. The highest BCUT2D eigenvalue weighted by Gasteiger charge is 2.26. The lowest BCUT2D eigenvalue weighted by molar-refractivity contribution is -0.124. The summed E-state index contributed by atoms with van der Waals surface area (Å²) in [7, 11) is 0. The van der Waals surface area contributed by atoms with Gasteiger partial charge in [0.25, 0.3) is 5.91 Å². The molecule has 2 amide bonds. The van der Waals surface area contributed by atoms with E-state index in [0.29, 0.717) is 5.56 Å². The molecule has 0 aromatic heterocycles. The van der Waals surface area contributed by atoms with Gasteiger partial charge in [0.2, 0.25) is 5.91 Å². The standard InChI is InChI=1S/C21H22FN3O2/c1-13(2)19(25-20(26)17-8-10-18(22)11-9-17)21(27)24-14(3)16-6-4-15(12-23)5-7-16/h4-11,13-14,19H,1-3H3,(H,24,27)(H,25,26). The number of nitrogens with one attached hydrogen (secondary N) is 2. The molecule has 2 rings (SSSR count). The number of nitriles is 1. The van der Waals surface area contributed by atoms with Crippen molar-refractivity contribution in [3.63, 3.8) is 0 Å². The number of amides is 2. The Morgan fingerprint density at radius 1 is 0.963 bits per heavy atom. The minimum Gasteiger partial charge on any atom is -0.348 e. The van der Waals surface area contributed by atoms with Crippen LogP contribution in [0.5, 0.6) is 0 Å². The van der Waals surface area contributed by atoms with Crippen LogP contribution >= 0.6 is 0 Å². The van der Waals surface area contributed by atoms with Gasteiger partial charge in [-0.25, -0.2) is 4.39 Å². The Morgan fingerprint density at radius 3 is 2.07 bits per heavy atom. The van der Waals surface area contributed by atoms with Gasteiger partial charge in [0.05, 0.1) is 17.7 Å². The van der Waals surface area contributed by atoms with Gasteiger partial charge in [-0.1, -0.05) is 26.0 Å². The minimum atomic E-state index is -0.733. The van der Waals surface area contributed by atoms with Crippen LogP contribution in [0.1, 0.15) is 48.3 Å². The molecule has 0 aliphatic rings. The van der Waals surface area contributed by atoms with E-state index in [1.807, 2.05) is 26.8 Å². The Balaban J connectivity index is 2.06. The van der Waals surface area contributed by atoms with Gasteiger partial charge in [0, 0.05) is 5.56 Å². The van der Waals surface area contributed by atoms with Gasteiger partial charge in [-0.3, -0.25) is 9.59 Å². The van der Waals surface area contributed by atoms with E-state index in [1.54, 1.807) is 24.3 Å². The highest BCUT2D eigenvalue weighted by Crippen LogP contribution is 2.14. The highest BCUT2D eigenvalue weighted by molar-refractivity contribution is 5.97. The van der Waals surface area contributed by atoms with Crippen molar-refractivity contribution < 1.29 is 14.0 Å². The second kappa shape index (κ2) is 8.95. The molecular weight excluding hydrogens is 345 g/mol. The number of carbonyl (C=O) groups is 2. The van der Waals surface area contributed by atoms with E-state index in [-0.39, 0.29) is 23.4 Å². The SMILES string of the molecule is CC(NC(=O)C(NC(=O)c1ccc(F)cc1)C(C)C)c1ccc(C#N)cc1. The molecule has 0 aliphatic carbocycles. The molecule has 0 saturated heterocycles. The lowest BCUT2D eigenvalue weighted by Crippen LogP contribution is -2.50. The van der Waals surface area contributed by atoms with Gasteiger partial charge in [-0.05, 0) is 54.8 Å². The van der Waals surface area contributed by atoms with Crippen LogP contribution < -0.4 is 10.6 Å². The predicted molar refractivity (Wildman–Crippen MR) is 100 cm³/mol. The van der Waals surface area contributed by atoms with Crippen LogP contribution in [0.25, 0.3) is 0 Å². The lowest BCUT2D eigenvalue weighted by atomic mass is 10.0. The largest absolute Gasteiger partial charge is 0.348 e. The zero-order valence-electron chi connectivity index (χ0n) is 15.5. The fraction of sp³-hybridized carbons (Fsp3) is 0.286. The molecule has 2 aromatic carbocycles. The van der Waals surface area contributed by atoms with E-state index in [0.717, 1.165) is 5.56 Å². The average Bonchev–Trinajstić information content (AvgIpc) is 2.66. The van der Waals surface area contributed by atoms with Crippen molar-refractivity contribution in [3.8, 4) is 6.07 Å². The highest BCUT2D eigenvalue weighted by atomic mass is 19.1. The summed E-state index contributed by atoms with van der Waals surface area (Å²) in [4.78, 5) is 25.0. The maximum absolute atomic E-state index is 13.0. The molecule has 27 heavy (non-hydrogen) atoms. The van der Waals surface area contributed by atoms with Crippen molar-refractivity contribution in [2.45, 2.75) is 32.9 Å². The van der Waals surface area contributed by atoms with Crippen molar-refractivity contribution in [1.29, 1.82) is 5.26 Å². The van der Waals surface area contributed by atoms with Gasteiger partial charge in [0.15, 0.2) is 0 Å². The Hall–Kier alpha value is -3.20. The summed E-state index contributed by atoms with van der Waals surface area (Å²) < 4.78 is 13.0. The monoisotopic (exact) mass is 367 g/mol. The number of rotatable bonds is 6. The molecule has 0 saturated carbocycles. The zero-order chi connectivity index (χ0) is 20.0. The van der Waals surface area contributed by atoms with E-state index in [4.69, 9.17) is 5.26 Å². The summed E-state index contributed by atoms with van der Waals surface area (Å²) in [5.74, 6) is -1.31. The molecule has 0 spiro atoms. The third-order valence-electron chi connectivity index (χ3n) is 4.24. The average molecular weight is 367 g/mol. The molecule has 0 radical (unpaired) electrons. The fourth-order valence-electron chi connectivity index (χ4n) is 2.59. The second-order valence-electron chi connectivity index (χ2n) is 6.67. The second-order valence-corrected chi connectivity index (χ2v) is 6.67. The molecule has 2 N–H and O–H groups in total. The smallest absolute Gasteiger partial charge is 0.251 e. The third kappa shape index (κ3) is 5.38. The maximum atomic E-state index is 13.0. The molecule has 0 fully saturated rings. The van der Waals surface area contributed by atoms with Gasteiger partial charge >= 0.3 is 0 Å². The number of benzene rings is 2. The topological polar surface area (TPSA) is 82.0 Å². The van der Waals surface area contributed by atoms with E-state index in [9.17, 15) is 14.0 Å². The summed E-state index contributed by atoms with van der Waals surface area (Å²) in [6.45, 7) is 5.50. The normalized spacial score (nSPS) is 12.7. The Kier molecular flexibility index (Phi) is 6.67. The van der Waals surface area contributed by atoms with E-state index in [2.05, 4.69) is 10.6 Å². The van der Waals surface area contributed by atoms with Crippen molar-refractivity contribution in [2.75, 3.05) is 0 Å². The molecule has 2 unspecified atom stereocenters. The molecule has 0 heterocycles. The molecular formula is C21H22FN3O2. The van der Waals surface area contributed by atoms with E-state index >= 15 is 0 Å². The molecule has 140 valence electrons. The first-order valence-electron chi connectivity index (χ1n) is 8.68. The Bertz CT molecular complexity index is 839. The first-order chi connectivity index (χ1) is 12.8. The Labute approximate surface area is 158 Å². The number of carbonyl (C=O) groups excluding carboxylic acids is 2. The van der Waals surface area contributed by atoms with Crippen molar-refractivity contribution in [3.05, 3.63) is 71.0 Å². The van der Waals surface area contributed by atoms with Crippen LogP contribution in [-0.2, 0) is 4.79 Å². The number of hydrogen-bond acceptors (Lipinski definition) is 3. The summed E-state index contributed by atoms with van der Waals surface area (Å²) in [5, 5.41) is 14.5. The maximum Gasteiger partial charge on any atom is 0.251 e. The molecule has 2 atom stereocenters. The van der Waals surface area contributed by atoms with E-state index in [1.165, 1.54) is 24.3 Å². The van der Waals surface area contributed by atoms with Crippen molar-refractivity contribution >= 4 is 11.8 Å². The van der Waals surface area contributed by atoms with Crippen molar-refractivity contribution in [1.82, 2.24) is 10.6 Å². The fourth-order valence-corrected chi connectivity index (χ4v) is 2.59. The number of hydrogen-bond donors (Lipinski definition) is 2. The van der Waals surface area contributed by atoms with Crippen LogP contribution in [0, 0.1) is 23.1 Å². The molecule has 0 bridgehead atoms. The first-order valence-corrected chi connectivity index (χ1v) is 8.68.